The van der Waals surface area contributed by atoms with Crippen LogP contribution in [-0.2, 0) is 9.53 Å². The van der Waals surface area contributed by atoms with Gasteiger partial charge in [-0.3, -0.25) is 9.59 Å². The van der Waals surface area contributed by atoms with Crippen LogP contribution < -0.4 is 0 Å². The highest BCUT2D eigenvalue weighted by Gasteiger charge is 2.27. The van der Waals surface area contributed by atoms with Gasteiger partial charge in [0.15, 0.2) is 4.67 Å². The molecule has 1 fully saturated rings. The lowest BCUT2D eigenvalue weighted by atomic mass is 10.1. The molecule has 110 valence electrons. The van der Waals surface area contributed by atoms with E-state index in [1.165, 1.54) is 6.26 Å². The van der Waals surface area contributed by atoms with Crippen LogP contribution in [0.3, 0.4) is 0 Å². The molecule has 1 amide bonds. The van der Waals surface area contributed by atoms with Gasteiger partial charge < -0.3 is 19.2 Å². The minimum atomic E-state index is -0.914. The van der Waals surface area contributed by atoms with Crippen LogP contribution in [0.15, 0.2) is 21.4 Å². The number of amides is 1. The summed E-state index contributed by atoms with van der Waals surface area (Å²) in [5, 5.41) is 8.83. The Balaban J connectivity index is 2.11. The number of carbonyl (C=O) groups is 2. The van der Waals surface area contributed by atoms with Gasteiger partial charge in [0.05, 0.1) is 12.0 Å². The largest absolute Gasteiger partial charge is 0.481 e. The number of furan rings is 1. The van der Waals surface area contributed by atoms with Crippen LogP contribution >= 0.6 is 15.9 Å². The van der Waals surface area contributed by atoms with Gasteiger partial charge in [-0.2, -0.15) is 0 Å². The summed E-state index contributed by atoms with van der Waals surface area (Å²) in [6.45, 7) is 1.38. The molecule has 20 heavy (non-hydrogen) atoms. The second-order valence-corrected chi connectivity index (χ2v) is 5.41. The first kappa shape index (κ1) is 15.1. The van der Waals surface area contributed by atoms with Crippen molar-refractivity contribution in [3.05, 3.63) is 22.6 Å². The third-order valence-corrected chi connectivity index (χ3v) is 3.69. The maximum Gasteiger partial charge on any atom is 0.305 e. The van der Waals surface area contributed by atoms with E-state index in [1.807, 2.05) is 0 Å². The Morgan fingerprint density at radius 3 is 2.65 bits per heavy atom. The maximum absolute atomic E-state index is 12.5. The zero-order valence-corrected chi connectivity index (χ0v) is 12.5. The molecule has 2 heterocycles. The van der Waals surface area contributed by atoms with E-state index in [1.54, 1.807) is 11.0 Å². The van der Waals surface area contributed by atoms with Gasteiger partial charge in [0.25, 0.3) is 5.91 Å². The molecule has 7 heteroatoms. The van der Waals surface area contributed by atoms with Crippen LogP contribution in [0.5, 0.6) is 0 Å². The number of carboxylic acid groups (broad SMARTS) is 1. The summed E-state index contributed by atoms with van der Waals surface area (Å²) in [5.41, 5.74) is 0.425. The molecule has 2 rings (SSSR count). The van der Waals surface area contributed by atoms with Crippen molar-refractivity contribution >= 4 is 27.8 Å². The lowest BCUT2D eigenvalue weighted by Gasteiger charge is -2.33. The van der Waals surface area contributed by atoms with Crippen molar-refractivity contribution in [3.63, 3.8) is 0 Å². The molecular formula is C13H16BrNO5. The van der Waals surface area contributed by atoms with Crippen LogP contribution in [0, 0.1) is 0 Å². The molecule has 0 radical (unpaired) electrons. The molecule has 0 aromatic carbocycles. The van der Waals surface area contributed by atoms with E-state index in [9.17, 15) is 9.59 Å². The van der Waals surface area contributed by atoms with Crippen molar-refractivity contribution in [2.24, 2.45) is 0 Å². The molecule has 1 N–H and O–H groups in total. The molecule has 6 nitrogen and oxygen atoms in total. The second-order valence-electron chi connectivity index (χ2n) is 4.63. The van der Waals surface area contributed by atoms with Gasteiger partial charge in [-0.15, -0.1) is 0 Å². The first-order chi connectivity index (χ1) is 9.58. The number of halogens is 1. The van der Waals surface area contributed by atoms with E-state index in [2.05, 4.69) is 15.9 Å². The molecule has 1 saturated heterocycles. The van der Waals surface area contributed by atoms with Crippen LogP contribution in [0.2, 0.25) is 0 Å². The number of hydrogen-bond donors (Lipinski definition) is 1. The standard InChI is InChI=1S/C13H16BrNO5/c14-11-7-9(8-20-11)13(18)15(4-1-12(16)17)10-2-5-19-6-3-10/h7-8,10H,1-6H2,(H,16,17). The molecule has 0 unspecified atom stereocenters. The van der Waals surface area contributed by atoms with Crippen LogP contribution in [0.1, 0.15) is 29.6 Å². The normalized spacial score (nSPS) is 16.1. The fourth-order valence-electron chi connectivity index (χ4n) is 2.25. The van der Waals surface area contributed by atoms with Gasteiger partial charge in [-0.05, 0) is 28.8 Å². The highest BCUT2D eigenvalue weighted by Crippen LogP contribution is 2.21. The molecule has 1 aliphatic rings. The number of aliphatic carboxylic acids is 1. The fourth-order valence-corrected chi connectivity index (χ4v) is 2.59. The van der Waals surface area contributed by atoms with Crippen LogP contribution in [0.25, 0.3) is 0 Å². The third kappa shape index (κ3) is 3.83. The maximum atomic E-state index is 12.5. The molecular weight excluding hydrogens is 330 g/mol. The van der Waals surface area contributed by atoms with E-state index in [-0.39, 0.29) is 24.9 Å². The minimum Gasteiger partial charge on any atom is -0.481 e. The van der Waals surface area contributed by atoms with Crippen LogP contribution in [0.4, 0.5) is 0 Å². The van der Waals surface area contributed by atoms with Gasteiger partial charge in [0.2, 0.25) is 0 Å². The number of rotatable bonds is 5. The van der Waals surface area contributed by atoms with Gasteiger partial charge >= 0.3 is 5.97 Å². The number of carbonyl (C=O) groups excluding carboxylic acids is 1. The minimum absolute atomic E-state index is 0.0178. The first-order valence-corrected chi connectivity index (χ1v) is 7.22. The van der Waals surface area contributed by atoms with E-state index >= 15 is 0 Å². The second kappa shape index (κ2) is 6.90. The molecule has 0 bridgehead atoms. The Labute approximate surface area is 124 Å². The van der Waals surface area contributed by atoms with Crippen molar-refractivity contribution in [2.75, 3.05) is 19.8 Å². The van der Waals surface area contributed by atoms with Gasteiger partial charge in [0.1, 0.15) is 6.26 Å². The van der Waals surface area contributed by atoms with Crippen molar-refractivity contribution in [1.29, 1.82) is 0 Å². The van der Waals surface area contributed by atoms with E-state index in [0.717, 1.165) is 12.8 Å². The summed E-state index contributed by atoms with van der Waals surface area (Å²) in [6, 6.07) is 1.61. The fraction of sp³-hybridized carbons (Fsp3) is 0.538. The molecule has 1 aromatic rings. The highest BCUT2D eigenvalue weighted by molar-refractivity contribution is 9.10. The van der Waals surface area contributed by atoms with E-state index in [0.29, 0.717) is 23.4 Å². The summed E-state index contributed by atoms with van der Waals surface area (Å²) in [6.07, 6.45) is 2.76. The molecule has 0 spiro atoms. The van der Waals surface area contributed by atoms with Crippen molar-refractivity contribution < 1.29 is 23.8 Å². The summed E-state index contributed by atoms with van der Waals surface area (Å²) in [4.78, 5) is 24.9. The Bertz CT molecular complexity index is 481. The molecule has 1 aliphatic heterocycles. The summed E-state index contributed by atoms with van der Waals surface area (Å²) < 4.78 is 10.8. The van der Waals surface area contributed by atoms with E-state index < -0.39 is 5.97 Å². The average Bonchev–Trinajstić information content (AvgIpc) is 2.86. The Hall–Kier alpha value is -1.34. The van der Waals surface area contributed by atoms with Gasteiger partial charge in [-0.1, -0.05) is 0 Å². The first-order valence-electron chi connectivity index (χ1n) is 6.42. The van der Waals surface area contributed by atoms with Gasteiger partial charge in [0, 0.05) is 31.9 Å². The third-order valence-electron chi connectivity index (χ3n) is 3.27. The monoisotopic (exact) mass is 345 g/mol. The predicted octanol–water partition coefficient (Wildman–Crippen LogP) is 2.14. The zero-order valence-electron chi connectivity index (χ0n) is 10.9. The quantitative estimate of drug-likeness (QED) is 0.884. The number of hydrogen-bond acceptors (Lipinski definition) is 4. The number of nitrogens with zero attached hydrogens (tertiary/aromatic N) is 1. The number of carboxylic acids is 1. The Kier molecular flexibility index (Phi) is 5.19. The highest BCUT2D eigenvalue weighted by atomic mass is 79.9. The van der Waals surface area contributed by atoms with Gasteiger partial charge in [-0.25, -0.2) is 0 Å². The Morgan fingerprint density at radius 1 is 1.40 bits per heavy atom. The summed E-state index contributed by atoms with van der Waals surface area (Å²) >= 11 is 3.16. The predicted molar refractivity (Wildman–Crippen MR) is 73.5 cm³/mol. The topological polar surface area (TPSA) is 80.0 Å². The zero-order chi connectivity index (χ0) is 14.5. The number of ether oxygens (including phenoxy) is 1. The lowest BCUT2D eigenvalue weighted by Crippen LogP contribution is -2.44. The van der Waals surface area contributed by atoms with Crippen molar-refractivity contribution in [3.8, 4) is 0 Å². The van der Waals surface area contributed by atoms with Crippen molar-refractivity contribution in [1.82, 2.24) is 4.90 Å². The molecule has 0 aliphatic carbocycles. The average molecular weight is 346 g/mol. The van der Waals surface area contributed by atoms with Crippen molar-refractivity contribution in [2.45, 2.75) is 25.3 Å². The summed E-state index contributed by atoms with van der Waals surface area (Å²) in [5.74, 6) is -1.11. The molecule has 1 aromatic heterocycles. The lowest BCUT2D eigenvalue weighted by molar-refractivity contribution is -0.137. The summed E-state index contributed by atoms with van der Waals surface area (Å²) in [7, 11) is 0. The molecule has 0 saturated carbocycles. The SMILES string of the molecule is O=C(O)CCN(C(=O)c1coc(Br)c1)C1CCOCC1. The smallest absolute Gasteiger partial charge is 0.305 e. The van der Waals surface area contributed by atoms with E-state index in [4.69, 9.17) is 14.3 Å². The molecule has 0 atom stereocenters. The van der Waals surface area contributed by atoms with Crippen LogP contribution in [-0.4, -0.2) is 47.7 Å². The Morgan fingerprint density at radius 2 is 2.10 bits per heavy atom.